The number of aliphatic hydroxyl groups is 1. The van der Waals surface area contributed by atoms with Crippen LogP contribution >= 0.6 is 0 Å². The molecule has 186 valence electrons. The zero-order valence-corrected chi connectivity index (χ0v) is 19.0. The molecule has 2 fully saturated rings. The highest BCUT2D eigenvalue weighted by Gasteiger charge is 2.51. The van der Waals surface area contributed by atoms with Crippen LogP contribution in [0.2, 0.25) is 0 Å². The normalized spacial score (nSPS) is 23.0. The number of aliphatic carboxylic acids is 1. The highest BCUT2D eigenvalue weighted by molar-refractivity contribution is 5.92. The van der Waals surface area contributed by atoms with E-state index in [-0.39, 0.29) is 42.3 Å². The summed E-state index contributed by atoms with van der Waals surface area (Å²) >= 11 is 0. The third kappa shape index (κ3) is 3.68. The summed E-state index contributed by atoms with van der Waals surface area (Å²) in [5, 5.41) is 26.7. The Balaban J connectivity index is 1.48. The molecular formula is C24H23F2N7O3. The van der Waals surface area contributed by atoms with E-state index in [9.17, 15) is 19.4 Å². The maximum atomic E-state index is 15.9. The molecule has 4 aromatic heterocycles. The van der Waals surface area contributed by atoms with E-state index in [0.717, 1.165) is 25.5 Å². The highest BCUT2D eigenvalue weighted by Crippen LogP contribution is 2.50. The lowest BCUT2D eigenvalue weighted by atomic mass is 9.84. The van der Waals surface area contributed by atoms with Gasteiger partial charge >= 0.3 is 5.97 Å². The zero-order valence-electron chi connectivity index (χ0n) is 19.0. The number of fused-ring (bicyclic) bond motifs is 3. The molecule has 6 rings (SSSR count). The number of pyridine rings is 1. The number of carboxylic acids is 1. The Morgan fingerprint density at radius 3 is 2.86 bits per heavy atom. The number of halogens is 2. The predicted octanol–water partition coefficient (Wildman–Crippen LogP) is 3.07. The first-order valence-corrected chi connectivity index (χ1v) is 11.8. The van der Waals surface area contributed by atoms with Gasteiger partial charge in [0.1, 0.15) is 17.2 Å². The van der Waals surface area contributed by atoms with Gasteiger partial charge in [0.2, 0.25) is 0 Å². The van der Waals surface area contributed by atoms with Crippen molar-refractivity contribution >= 4 is 22.8 Å². The second-order valence-electron chi connectivity index (χ2n) is 9.39. The quantitative estimate of drug-likeness (QED) is 0.307. The molecule has 2 aliphatic rings. The SMILES string of the molecule is O=C(O)C1C2CCC(C2)C1Nc1nc(-c2c[nH]c3ncc(F)cc23)nc(-c2cnn(CCO)c2)c1F. The summed E-state index contributed by atoms with van der Waals surface area (Å²) in [5.41, 5.74) is 1.16. The van der Waals surface area contributed by atoms with Gasteiger partial charge in [-0.3, -0.25) is 9.48 Å². The van der Waals surface area contributed by atoms with Gasteiger partial charge in [0.15, 0.2) is 17.5 Å². The maximum absolute atomic E-state index is 15.9. The average molecular weight is 495 g/mol. The van der Waals surface area contributed by atoms with E-state index >= 15 is 4.39 Å². The predicted molar refractivity (Wildman–Crippen MR) is 125 cm³/mol. The molecule has 4 heterocycles. The summed E-state index contributed by atoms with van der Waals surface area (Å²) in [7, 11) is 0. The Morgan fingerprint density at radius 1 is 1.22 bits per heavy atom. The highest BCUT2D eigenvalue weighted by atomic mass is 19.1. The van der Waals surface area contributed by atoms with Crippen molar-refractivity contribution in [2.24, 2.45) is 17.8 Å². The number of carbonyl (C=O) groups is 1. The number of nitrogens with zero attached hydrogens (tertiary/aromatic N) is 5. The van der Waals surface area contributed by atoms with Gasteiger partial charge in [0.25, 0.3) is 0 Å². The molecule has 4 unspecified atom stereocenters. The van der Waals surface area contributed by atoms with Gasteiger partial charge in [-0.25, -0.2) is 23.7 Å². The van der Waals surface area contributed by atoms with Crippen molar-refractivity contribution < 1.29 is 23.8 Å². The molecule has 4 atom stereocenters. The summed E-state index contributed by atoms with van der Waals surface area (Å²) in [5.74, 6) is -2.66. The molecule has 0 radical (unpaired) electrons. The number of hydrogen-bond donors (Lipinski definition) is 4. The van der Waals surface area contributed by atoms with Crippen LogP contribution in [0.25, 0.3) is 33.7 Å². The number of aromatic nitrogens is 6. The minimum Gasteiger partial charge on any atom is -0.481 e. The summed E-state index contributed by atoms with van der Waals surface area (Å²) in [6, 6.07) is 0.828. The Hall–Kier alpha value is -3.93. The Morgan fingerprint density at radius 2 is 2.06 bits per heavy atom. The third-order valence-corrected chi connectivity index (χ3v) is 7.33. The van der Waals surface area contributed by atoms with E-state index < -0.39 is 29.6 Å². The Kier molecular flexibility index (Phi) is 5.40. The monoisotopic (exact) mass is 495 g/mol. The summed E-state index contributed by atoms with van der Waals surface area (Å²) < 4.78 is 31.3. The molecule has 2 bridgehead atoms. The number of carboxylic acid groups (broad SMARTS) is 1. The minimum absolute atomic E-state index is 0.0413. The van der Waals surface area contributed by atoms with Crippen LogP contribution < -0.4 is 5.32 Å². The number of aliphatic hydroxyl groups excluding tert-OH is 1. The first-order valence-electron chi connectivity index (χ1n) is 11.8. The van der Waals surface area contributed by atoms with Gasteiger partial charge in [-0.2, -0.15) is 5.10 Å². The summed E-state index contributed by atoms with van der Waals surface area (Å²) in [6.07, 6.45) is 8.16. The molecule has 10 nitrogen and oxygen atoms in total. The molecule has 0 saturated heterocycles. The number of anilines is 1. The number of hydrogen-bond acceptors (Lipinski definition) is 7. The first-order chi connectivity index (χ1) is 17.4. The van der Waals surface area contributed by atoms with Gasteiger partial charge in [-0.15, -0.1) is 0 Å². The fourth-order valence-corrected chi connectivity index (χ4v) is 5.74. The topological polar surface area (TPSA) is 142 Å². The third-order valence-electron chi connectivity index (χ3n) is 7.33. The van der Waals surface area contributed by atoms with Gasteiger partial charge in [0, 0.05) is 34.9 Å². The molecule has 0 spiro atoms. The number of rotatable bonds is 7. The average Bonchev–Trinajstić information content (AvgIpc) is 3.64. The van der Waals surface area contributed by atoms with Crippen molar-refractivity contribution in [1.82, 2.24) is 29.7 Å². The lowest BCUT2D eigenvalue weighted by molar-refractivity contribution is -0.143. The molecule has 0 amide bonds. The lowest BCUT2D eigenvalue weighted by Crippen LogP contribution is -2.39. The summed E-state index contributed by atoms with van der Waals surface area (Å²) in [4.78, 5) is 27.9. The van der Waals surface area contributed by atoms with Crippen LogP contribution in [-0.4, -0.2) is 58.5 Å². The van der Waals surface area contributed by atoms with E-state index in [1.165, 1.54) is 16.9 Å². The van der Waals surface area contributed by atoms with Crippen molar-refractivity contribution in [2.45, 2.75) is 31.8 Å². The van der Waals surface area contributed by atoms with Crippen LogP contribution in [0.5, 0.6) is 0 Å². The summed E-state index contributed by atoms with van der Waals surface area (Å²) in [6.45, 7) is 0.0869. The van der Waals surface area contributed by atoms with E-state index in [2.05, 4.69) is 30.4 Å². The molecular weight excluding hydrogens is 472 g/mol. The number of H-pyrrole nitrogens is 1. The zero-order chi connectivity index (χ0) is 25.0. The Bertz CT molecular complexity index is 1470. The second kappa shape index (κ2) is 8.63. The van der Waals surface area contributed by atoms with Gasteiger partial charge in [-0.1, -0.05) is 0 Å². The standard InChI is InChI=1S/C24H23F2N7O3/c25-14-6-15-16(9-28-21(15)27-8-14)22-31-20(13-7-29-33(10-13)3-4-34)18(26)23(32-22)30-19-12-2-1-11(5-12)17(19)24(35)36/h6-12,17,19,34H,1-5H2,(H,27,28)(H,35,36)(H,30,31,32). The largest absolute Gasteiger partial charge is 0.481 e. The smallest absolute Gasteiger partial charge is 0.308 e. The fourth-order valence-electron chi connectivity index (χ4n) is 5.74. The van der Waals surface area contributed by atoms with Crippen LogP contribution in [-0.2, 0) is 11.3 Å². The maximum Gasteiger partial charge on any atom is 0.308 e. The molecule has 36 heavy (non-hydrogen) atoms. The van der Waals surface area contributed by atoms with Crippen molar-refractivity contribution in [3.8, 4) is 22.6 Å². The first kappa shape index (κ1) is 22.5. The van der Waals surface area contributed by atoms with Crippen LogP contribution in [0.15, 0.2) is 30.9 Å². The van der Waals surface area contributed by atoms with Gasteiger partial charge in [-0.05, 0) is 37.2 Å². The van der Waals surface area contributed by atoms with E-state index in [4.69, 9.17) is 0 Å². The molecule has 0 aliphatic heterocycles. The van der Waals surface area contributed by atoms with Crippen LogP contribution in [0.1, 0.15) is 19.3 Å². The van der Waals surface area contributed by atoms with Crippen molar-refractivity contribution in [1.29, 1.82) is 0 Å². The van der Waals surface area contributed by atoms with Crippen molar-refractivity contribution in [3.05, 3.63) is 42.5 Å². The molecule has 4 N–H and O–H groups in total. The molecule has 12 heteroatoms. The van der Waals surface area contributed by atoms with Crippen LogP contribution in [0.4, 0.5) is 14.6 Å². The van der Waals surface area contributed by atoms with Crippen LogP contribution in [0.3, 0.4) is 0 Å². The van der Waals surface area contributed by atoms with Gasteiger partial charge < -0.3 is 20.5 Å². The molecule has 0 aromatic carbocycles. The lowest BCUT2D eigenvalue weighted by Gasteiger charge is -2.29. The van der Waals surface area contributed by atoms with E-state index in [1.54, 1.807) is 12.4 Å². The van der Waals surface area contributed by atoms with E-state index in [0.29, 0.717) is 22.2 Å². The van der Waals surface area contributed by atoms with Crippen molar-refractivity contribution in [2.75, 3.05) is 11.9 Å². The second-order valence-corrected chi connectivity index (χ2v) is 9.39. The van der Waals surface area contributed by atoms with E-state index in [1.807, 2.05) is 0 Å². The fraction of sp³-hybridized carbons (Fsp3) is 0.375. The number of aromatic amines is 1. The minimum atomic E-state index is -0.905. The van der Waals surface area contributed by atoms with Gasteiger partial charge in [0.05, 0.1) is 31.5 Å². The molecule has 2 saturated carbocycles. The molecule has 2 aliphatic carbocycles. The van der Waals surface area contributed by atoms with Crippen molar-refractivity contribution in [3.63, 3.8) is 0 Å². The van der Waals surface area contributed by atoms with Crippen LogP contribution in [0, 0.1) is 29.4 Å². The molecule has 4 aromatic rings. The number of nitrogens with one attached hydrogen (secondary N) is 2. The Labute approximate surface area is 203 Å².